The summed E-state index contributed by atoms with van der Waals surface area (Å²) >= 11 is 0. The maximum Gasteiger partial charge on any atom is 0.119 e. The quantitative estimate of drug-likeness (QED) is 0.708. The zero-order valence-electron chi connectivity index (χ0n) is 15.4. The molecule has 1 aliphatic heterocycles. The highest BCUT2D eigenvalue weighted by molar-refractivity contribution is 5.82. The molecule has 1 fully saturated rings. The van der Waals surface area contributed by atoms with Gasteiger partial charge in [0.2, 0.25) is 0 Å². The molecule has 0 aliphatic carbocycles. The van der Waals surface area contributed by atoms with E-state index in [1.54, 1.807) is 0 Å². The van der Waals surface area contributed by atoms with Crippen molar-refractivity contribution in [1.29, 1.82) is 0 Å². The Bertz CT molecular complexity index is 832. The minimum atomic E-state index is 0.358. The summed E-state index contributed by atoms with van der Waals surface area (Å²) in [5.41, 5.74) is 3.80. The van der Waals surface area contributed by atoms with Crippen LogP contribution in [0.3, 0.4) is 0 Å². The smallest absolute Gasteiger partial charge is 0.119 e. The molecule has 1 aliphatic rings. The van der Waals surface area contributed by atoms with Gasteiger partial charge in [0, 0.05) is 43.3 Å². The van der Waals surface area contributed by atoms with Crippen LogP contribution in [0.1, 0.15) is 24.0 Å². The predicted octanol–water partition coefficient (Wildman–Crippen LogP) is 3.93. The predicted molar refractivity (Wildman–Crippen MR) is 106 cm³/mol. The fourth-order valence-electron chi connectivity index (χ4n) is 3.63. The van der Waals surface area contributed by atoms with Gasteiger partial charge in [0.1, 0.15) is 11.9 Å². The lowest BCUT2D eigenvalue weighted by atomic mass is 10.1. The number of hydrogen-bond donors (Lipinski definition) is 2. The molecule has 0 bridgehead atoms. The monoisotopic (exact) mass is 349 g/mol. The summed E-state index contributed by atoms with van der Waals surface area (Å²) < 4.78 is 6.12. The first kappa shape index (κ1) is 17.1. The van der Waals surface area contributed by atoms with E-state index in [2.05, 4.69) is 70.8 Å². The molecule has 0 saturated carbocycles. The first-order valence-corrected chi connectivity index (χ1v) is 9.48. The van der Waals surface area contributed by atoms with Crippen LogP contribution in [0, 0.1) is 0 Å². The molecule has 2 heterocycles. The molecule has 1 aromatic heterocycles. The SMILES string of the molecule is CN1CCC(Oc2ccc(CNCc3cccc4[nH]ccc34)cc2)CC1. The number of nitrogens with zero attached hydrogens (tertiary/aromatic N) is 1. The topological polar surface area (TPSA) is 40.3 Å². The van der Waals surface area contributed by atoms with Crippen LogP contribution in [0.2, 0.25) is 0 Å². The maximum atomic E-state index is 6.12. The van der Waals surface area contributed by atoms with Crippen LogP contribution in [0.4, 0.5) is 0 Å². The van der Waals surface area contributed by atoms with Gasteiger partial charge in [-0.2, -0.15) is 0 Å². The number of H-pyrrole nitrogens is 1. The Labute approximate surface area is 155 Å². The van der Waals surface area contributed by atoms with E-state index in [0.29, 0.717) is 6.10 Å². The maximum absolute atomic E-state index is 6.12. The van der Waals surface area contributed by atoms with Gasteiger partial charge in [0.15, 0.2) is 0 Å². The molecule has 0 amide bonds. The summed E-state index contributed by atoms with van der Waals surface area (Å²) in [6.45, 7) is 3.97. The van der Waals surface area contributed by atoms with Crippen LogP contribution in [-0.4, -0.2) is 36.1 Å². The third kappa shape index (κ3) is 4.09. The highest BCUT2D eigenvalue weighted by Gasteiger charge is 2.17. The lowest BCUT2D eigenvalue weighted by Gasteiger charge is -2.29. The van der Waals surface area contributed by atoms with Gasteiger partial charge < -0.3 is 19.9 Å². The largest absolute Gasteiger partial charge is 0.490 e. The van der Waals surface area contributed by atoms with Gasteiger partial charge in [-0.1, -0.05) is 24.3 Å². The fourth-order valence-corrected chi connectivity index (χ4v) is 3.63. The Morgan fingerprint density at radius 3 is 2.65 bits per heavy atom. The number of ether oxygens (including phenoxy) is 1. The molecule has 26 heavy (non-hydrogen) atoms. The second kappa shape index (κ2) is 7.94. The van der Waals surface area contributed by atoms with Gasteiger partial charge in [-0.15, -0.1) is 0 Å². The highest BCUT2D eigenvalue weighted by atomic mass is 16.5. The minimum Gasteiger partial charge on any atom is -0.490 e. The first-order valence-electron chi connectivity index (χ1n) is 9.48. The molecular weight excluding hydrogens is 322 g/mol. The van der Waals surface area contributed by atoms with Crippen LogP contribution in [0.5, 0.6) is 5.75 Å². The second-order valence-corrected chi connectivity index (χ2v) is 7.22. The normalized spacial score (nSPS) is 16.2. The van der Waals surface area contributed by atoms with E-state index in [4.69, 9.17) is 4.74 Å². The molecule has 0 atom stereocenters. The molecule has 4 nitrogen and oxygen atoms in total. The van der Waals surface area contributed by atoms with E-state index in [1.165, 1.54) is 22.0 Å². The number of rotatable bonds is 6. The highest BCUT2D eigenvalue weighted by Crippen LogP contribution is 2.20. The number of likely N-dealkylation sites (tertiary alicyclic amines) is 1. The molecular formula is C22H27N3O. The molecule has 2 N–H and O–H groups in total. The van der Waals surface area contributed by atoms with E-state index in [9.17, 15) is 0 Å². The van der Waals surface area contributed by atoms with Crippen molar-refractivity contribution in [2.24, 2.45) is 0 Å². The zero-order valence-corrected chi connectivity index (χ0v) is 15.4. The van der Waals surface area contributed by atoms with E-state index in [0.717, 1.165) is 44.8 Å². The van der Waals surface area contributed by atoms with Gasteiger partial charge >= 0.3 is 0 Å². The average molecular weight is 349 g/mol. The first-order chi connectivity index (χ1) is 12.8. The van der Waals surface area contributed by atoms with Crippen molar-refractivity contribution < 1.29 is 4.74 Å². The number of aromatic amines is 1. The van der Waals surface area contributed by atoms with Crippen molar-refractivity contribution in [1.82, 2.24) is 15.2 Å². The lowest BCUT2D eigenvalue weighted by molar-refractivity contribution is 0.114. The van der Waals surface area contributed by atoms with Gasteiger partial charge in [-0.05, 0) is 55.3 Å². The van der Waals surface area contributed by atoms with Crippen LogP contribution in [0.25, 0.3) is 10.9 Å². The summed E-state index contributed by atoms with van der Waals surface area (Å²) in [6, 6.07) is 17.1. The van der Waals surface area contributed by atoms with Crippen molar-refractivity contribution in [2.45, 2.75) is 32.0 Å². The fraction of sp³-hybridized carbons (Fsp3) is 0.364. The molecule has 0 radical (unpaired) electrons. The Kier molecular flexibility index (Phi) is 5.23. The zero-order chi connectivity index (χ0) is 17.8. The number of piperidine rings is 1. The summed E-state index contributed by atoms with van der Waals surface area (Å²) in [4.78, 5) is 5.63. The molecule has 4 heteroatoms. The number of hydrogen-bond acceptors (Lipinski definition) is 3. The molecule has 4 rings (SSSR count). The van der Waals surface area contributed by atoms with Crippen molar-refractivity contribution in [2.75, 3.05) is 20.1 Å². The van der Waals surface area contributed by atoms with E-state index >= 15 is 0 Å². The Morgan fingerprint density at radius 2 is 1.85 bits per heavy atom. The average Bonchev–Trinajstić information content (AvgIpc) is 3.15. The van der Waals surface area contributed by atoms with Gasteiger partial charge in [0.25, 0.3) is 0 Å². The van der Waals surface area contributed by atoms with Crippen LogP contribution < -0.4 is 10.1 Å². The Morgan fingerprint density at radius 1 is 1.04 bits per heavy atom. The van der Waals surface area contributed by atoms with E-state index in [-0.39, 0.29) is 0 Å². The summed E-state index contributed by atoms with van der Waals surface area (Å²) in [5, 5.41) is 4.84. The molecule has 136 valence electrons. The Hall–Kier alpha value is -2.30. The van der Waals surface area contributed by atoms with Gasteiger partial charge in [0.05, 0.1) is 0 Å². The number of fused-ring (bicyclic) bond motifs is 1. The molecule has 0 unspecified atom stereocenters. The summed E-state index contributed by atoms with van der Waals surface area (Å²) in [5.74, 6) is 0.986. The third-order valence-electron chi connectivity index (χ3n) is 5.22. The standard InChI is InChI=1S/C22H27N3O/c1-25-13-10-20(11-14-25)26-19-7-5-17(6-8-19)15-23-16-18-3-2-4-22-21(18)9-12-24-22/h2-9,12,20,23-24H,10-11,13-16H2,1H3. The molecule has 1 saturated heterocycles. The third-order valence-corrected chi connectivity index (χ3v) is 5.22. The van der Waals surface area contributed by atoms with E-state index < -0.39 is 0 Å². The van der Waals surface area contributed by atoms with Crippen LogP contribution in [-0.2, 0) is 13.1 Å². The van der Waals surface area contributed by atoms with Gasteiger partial charge in [-0.3, -0.25) is 0 Å². The summed E-state index contributed by atoms with van der Waals surface area (Å²) in [6.07, 6.45) is 4.59. The minimum absolute atomic E-state index is 0.358. The molecule has 0 spiro atoms. The summed E-state index contributed by atoms with van der Waals surface area (Å²) in [7, 11) is 2.18. The lowest BCUT2D eigenvalue weighted by Crippen LogP contribution is -2.35. The second-order valence-electron chi connectivity index (χ2n) is 7.22. The molecule has 2 aromatic carbocycles. The van der Waals surface area contributed by atoms with Crippen molar-refractivity contribution in [3.8, 4) is 5.75 Å². The van der Waals surface area contributed by atoms with Crippen LogP contribution >= 0.6 is 0 Å². The Balaban J connectivity index is 1.28. The van der Waals surface area contributed by atoms with Crippen molar-refractivity contribution >= 4 is 10.9 Å². The van der Waals surface area contributed by atoms with E-state index in [1.807, 2.05) is 6.20 Å². The van der Waals surface area contributed by atoms with Crippen molar-refractivity contribution in [3.63, 3.8) is 0 Å². The number of benzene rings is 2. The van der Waals surface area contributed by atoms with Crippen molar-refractivity contribution in [3.05, 3.63) is 65.9 Å². The number of nitrogens with one attached hydrogen (secondary N) is 2. The molecule has 3 aromatic rings. The van der Waals surface area contributed by atoms with Gasteiger partial charge in [-0.25, -0.2) is 0 Å². The van der Waals surface area contributed by atoms with Crippen LogP contribution in [0.15, 0.2) is 54.7 Å². The number of aromatic nitrogens is 1.